The van der Waals surface area contributed by atoms with Crippen LogP contribution in [0.2, 0.25) is 0 Å². The maximum atomic E-state index is 12.4. The molecule has 11 heteroatoms. The zero-order valence-electron chi connectivity index (χ0n) is 7.80. The van der Waals surface area contributed by atoms with Crippen molar-refractivity contribution < 1.29 is 31.1 Å². The molecule has 1 aromatic rings. The van der Waals surface area contributed by atoms with Gasteiger partial charge >= 0.3 is 12.4 Å². The highest BCUT2D eigenvalue weighted by molar-refractivity contribution is 5.91. The number of aromatic nitrogens is 3. The van der Waals surface area contributed by atoms with Crippen LogP contribution in [0.25, 0.3) is 0 Å². The maximum absolute atomic E-state index is 12.4. The Hall–Kier alpha value is -1.81. The van der Waals surface area contributed by atoms with Gasteiger partial charge in [0.25, 0.3) is 5.91 Å². The number of carbonyl (C=O) groups is 1. The molecule has 17 heavy (non-hydrogen) atoms. The van der Waals surface area contributed by atoms with Crippen molar-refractivity contribution in [1.29, 1.82) is 0 Å². The Morgan fingerprint density at radius 2 is 1.76 bits per heavy atom. The van der Waals surface area contributed by atoms with E-state index in [0.29, 0.717) is 0 Å². The number of rotatable bonds is 2. The van der Waals surface area contributed by atoms with Gasteiger partial charge in [-0.25, -0.2) is 4.68 Å². The van der Waals surface area contributed by atoms with Gasteiger partial charge in [-0.3, -0.25) is 4.79 Å². The number of hydrogen-bond donors (Lipinski definition) is 1. The Kier molecular flexibility index (Phi) is 3.03. The molecule has 0 aliphatic rings. The summed E-state index contributed by atoms with van der Waals surface area (Å²) >= 11 is 0. The molecule has 0 saturated carbocycles. The average molecular weight is 262 g/mol. The first-order valence-electron chi connectivity index (χ1n) is 3.89. The van der Waals surface area contributed by atoms with Gasteiger partial charge in [0, 0.05) is 0 Å². The molecule has 96 valence electrons. The molecule has 0 saturated heterocycles. The Morgan fingerprint density at radius 3 is 2.12 bits per heavy atom. The van der Waals surface area contributed by atoms with E-state index in [9.17, 15) is 31.1 Å². The number of hydrogen-bond acceptors (Lipinski definition) is 3. The van der Waals surface area contributed by atoms with Crippen molar-refractivity contribution in [2.45, 2.75) is 18.9 Å². The summed E-state index contributed by atoms with van der Waals surface area (Å²) < 4.78 is 72.6. The number of nitrogens with zero attached hydrogens (tertiary/aromatic N) is 3. The molecule has 1 amide bonds. The minimum atomic E-state index is -5.21. The summed E-state index contributed by atoms with van der Waals surface area (Å²) in [4.78, 5) is 10.6. The van der Waals surface area contributed by atoms with Crippen LogP contribution in [0.15, 0.2) is 0 Å². The van der Waals surface area contributed by atoms with Gasteiger partial charge in [-0.2, -0.15) is 26.3 Å². The second kappa shape index (κ2) is 3.89. The topological polar surface area (TPSA) is 73.8 Å². The third kappa shape index (κ3) is 3.07. The normalized spacial score (nSPS) is 12.8. The number of alkyl halides is 6. The predicted octanol–water partition coefficient (Wildman–Crippen LogP) is 0.958. The number of amides is 1. The summed E-state index contributed by atoms with van der Waals surface area (Å²) in [6, 6.07) is 0. The van der Waals surface area contributed by atoms with Crippen molar-refractivity contribution in [3.05, 3.63) is 11.4 Å². The van der Waals surface area contributed by atoms with Crippen LogP contribution in [0.1, 0.15) is 16.2 Å². The molecule has 0 aromatic carbocycles. The fourth-order valence-electron chi connectivity index (χ4n) is 1.04. The highest BCUT2D eigenvalue weighted by Gasteiger charge is 2.43. The summed E-state index contributed by atoms with van der Waals surface area (Å²) in [7, 11) is 0. The monoisotopic (exact) mass is 262 g/mol. The Balaban J connectivity index is 3.29. The predicted molar refractivity (Wildman–Crippen MR) is 39.6 cm³/mol. The van der Waals surface area contributed by atoms with Crippen molar-refractivity contribution in [2.24, 2.45) is 5.73 Å². The van der Waals surface area contributed by atoms with Gasteiger partial charge in [0.15, 0.2) is 11.4 Å². The van der Waals surface area contributed by atoms with Crippen LogP contribution in [0.4, 0.5) is 26.3 Å². The molecule has 2 N–H and O–H groups in total. The Morgan fingerprint density at radius 1 is 1.24 bits per heavy atom. The molecule has 5 nitrogen and oxygen atoms in total. The third-order valence-electron chi connectivity index (χ3n) is 1.57. The summed E-state index contributed by atoms with van der Waals surface area (Å²) in [6.45, 7) is -2.01. The maximum Gasteiger partial charge on any atom is 0.435 e. The Labute approximate surface area is 89.2 Å². The summed E-state index contributed by atoms with van der Waals surface area (Å²) in [5, 5.41) is 5.30. The molecular weight excluding hydrogens is 258 g/mol. The molecule has 0 radical (unpaired) electrons. The van der Waals surface area contributed by atoms with E-state index in [1.807, 2.05) is 0 Å². The quantitative estimate of drug-likeness (QED) is 0.806. The number of primary amides is 1. The zero-order valence-corrected chi connectivity index (χ0v) is 7.80. The van der Waals surface area contributed by atoms with Crippen LogP contribution in [-0.2, 0) is 12.7 Å². The second-order valence-electron chi connectivity index (χ2n) is 2.92. The van der Waals surface area contributed by atoms with Gasteiger partial charge in [0.1, 0.15) is 6.54 Å². The molecule has 1 rings (SSSR count). The van der Waals surface area contributed by atoms with Crippen LogP contribution >= 0.6 is 0 Å². The van der Waals surface area contributed by atoms with E-state index in [1.54, 1.807) is 0 Å². The standard InChI is InChI=1S/C6H4F6N4O/c7-5(8,9)1-16-3(6(10,11)12)2(4(13)17)14-15-16/h1H2,(H2,13,17). The Bertz CT molecular complexity index is 433. The van der Waals surface area contributed by atoms with Crippen LogP contribution in [-0.4, -0.2) is 27.1 Å². The van der Waals surface area contributed by atoms with Crippen LogP contribution in [0, 0.1) is 0 Å². The lowest BCUT2D eigenvalue weighted by Crippen LogP contribution is -2.26. The van der Waals surface area contributed by atoms with E-state index in [1.165, 1.54) is 0 Å². The second-order valence-corrected chi connectivity index (χ2v) is 2.92. The minimum Gasteiger partial charge on any atom is -0.364 e. The van der Waals surface area contributed by atoms with Crippen molar-refractivity contribution in [3.8, 4) is 0 Å². The van der Waals surface area contributed by atoms with E-state index in [4.69, 9.17) is 0 Å². The molecule has 0 bridgehead atoms. The lowest BCUT2D eigenvalue weighted by molar-refractivity contribution is -0.161. The minimum absolute atomic E-state index is 0.458. The molecule has 1 heterocycles. The van der Waals surface area contributed by atoms with Gasteiger partial charge in [0.2, 0.25) is 0 Å². The van der Waals surface area contributed by atoms with Crippen molar-refractivity contribution in [2.75, 3.05) is 0 Å². The van der Waals surface area contributed by atoms with Gasteiger partial charge in [-0.05, 0) is 0 Å². The summed E-state index contributed by atoms with van der Waals surface area (Å²) in [6.07, 6.45) is -10.1. The van der Waals surface area contributed by atoms with Gasteiger partial charge < -0.3 is 5.73 Å². The van der Waals surface area contributed by atoms with E-state index in [0.717, 1.165) is 0 Å². The van der Waals surface area contributed by atoms with E-state index < -0.39 is 40.9 Å². The first kappa shape index (κ1) is 13.3. The molecular formula is C6H4F6N4O. The van der Waals surface area contributed by atoms with Crippen molar-refractivity contribution >= 4 is 5.91 Å². The number of halogens is 6. The van der Waals surface area contributed by atoms with E-state index in [2.05, 4.69) is 16.0 Å². The highest BCUT2D eigenvalue weighted by Crippen LogP contribution is 2.32. The fraction of sp³-hybridized carbons (Fsp3) is 0.500. The summed E-state index contributed by atoms with van der Waals surface area (Å²) in [5.41, 5.74) is 1.29. The third-order valence-corrected chi connectivity index (χ3v) is 1.57. The zero-order chi connectivity index (χ0) is 13.4. The van der Waals surface area contributed by atoms with Gasteiger partial charge in [0.05, 0.1) is 0 Å². The van der Waals surface area contributed by atoms with Crippen LogP contribution < -0.4 is 5.73 Å². The van der Waals surface area contributed by atoms with Crippen LogP contribution in [0.5, 0.6) is 0 Å². The van der Waals surface area contributed by atoms with Crippen molar-refractivity contribution in [1.82, 2.24) is 15.0 Å². The lowest BCUT2D eigenvalue weighted by atomic mass is 10.3. The fourth-order valence-corrected chi connectivity index (χ4v) is 1.04. The first-order valence-corrected chi connectivity index (χ1v) is 3.89. The molecule has 1 aromatic heterocycles. The smallest absolute Gasteiger partial charge is 0.364 e. The van der Waals surface area contributed by atoms with E-state index >= 15 is 0 Å². The number of nitrogens with two attached hydrogens (primary N) is 1. The lowest BCUT2D eigenvalue weighted by Gasteiger charge is -2.11. The molecule has 0 unspecified atom stereocenters. The highest BCUT2D eigenvalue weighted by atomic mass is 19.4. The van der Waals surface area contributed by atoms with Gasteiger partial charge in [-0.15, -0.1) is 5.10 Å². The molecule has 0 aliphatic heterocycles. The first-order chi connectivity index (χ1) is 7.52. The summed E-state index contributed by atoms with van der Waals surface area (Å²) in [5.74, 6) is -1.61. The van der Waals surface area contributed by atoms with Crippen molar-refractivity contribution in [3.63, 3.8) is 0 Å². The van der Waals surface area contributed by atoms with Gasteiger partial charge in [-0.1, -0.05) is 5.21 Å². The average Bonchev–Trinajstić information content (AvgIpc) is 2.43. The molecule has 0 atom stereocenters. The SMILES string of the molecule is NC(=O)c1nnn(CC(F)(F)F)c1C(F)(F)F. The molecule has 0 aliphatic carbocycles. The number of carbonyl (C=O) groups excluding carboxylic acids is 1. The van der Waals surface area contributed by atoms with E-state index in [-0.39, 0.29) is 0 Å². The largest absolute Gasteiger partial charge is 0.435 e. The molecule has 0 fully saturated rings. The van der Waals surface area contributed by atoms with Crippen LogP contribution in [0.3, 0.4) is 0 Å². The molecule has 0 spiro atoms.